The van der Waals surface area contributed by atoms with Gasteiger partial charge in [0, 0.05) is 0 Å². The molecule has 13 rings (SSSR count). The molecule has 0 atom stereocenters. The molecule has 0 amide bonds. The van der Waals surface area contributed by atoms with E-state index in [0.717, 1.165) is 116 Å². The molecular weight excluding hydrogens is 1180 g/mol. The van der Waals surface area contributed by atoms with Crippen molar-refractivity contribution in [2.24, 2.45) is 0 Å². The molecular formula is C79H75N3O6S3. The van der Waals surface area contributed by atoms with Crippen LogP contribution in [0.3, 0.4) is 0 Å². The van der Waals surface area contributed by atoms with Crippen LogP contribution in [0.15, 0.2) is 261 Å². The Bertz CT molecular complexity index is 3800. The van der Waals surface area contributed by atoms with E-state index in [4.69, 9.17) is 42.4 Å². The van der Waals surface area contributed by atoms with Crippen molar-refractivity contribution in [1.82, 2.24) is 15.0 Å². The first-order chi connectivity index (χ1) is 45.0. The first-order valence-electron chi connectivity index (χ1n) is 31.6. The van der Waals surface area contributed by atoms with Gasteiger partial charge >= 0.3 is 0 Å². The molecule has 0 aliphatic carbocycles. The van der Waals surface area contributed by atoms with Gasteiger partial charge in [0.2, 0.25) is 0 Å². The largest absolute Gasteiger partial charge is 0.494 e. The zero-order chi connectivity index (χ0) is 62.1. The number of unbranched alkanes of at least 4 members (excludes halogenated alkanes) is 10. The summed E-state index contributed by atoms with van der Waals surface area (Å²) >= 11 is 5.15. The summed E-state index contributed by atoms with van der Waals surface area (Å²) in [6.45, 7) is 6.09. The number of hydrogen-bond donors (Lipinski definition) is 0. The molecule has 9 nitrogen and oxygen atoms in total. The van der Waals surface area contributed by atoms with E-state index < -0.39 is 0 Å². The molecule has 91 heavy (non-hydrogen) atoms. The number of nitrogens with zero attached hydrogens (tertiary/aromatic N) is 3. The molecule has 0 fully saturated rings. The van der Waals surface area contributed by atoms with E-state index >= 15 is 0 Å². The number of benzene rings is 4. The second kappa shape index (κ2) is 33.5. The highest BCUT2D eigenvalue weighted by Crippen LogP contribution is 2.37. The molecule has 0 N–H and O–H groups in total. The number of thiophene rings is 3. The third kappa shape index (κ3) is 18.4. The summed E-state index contributed by atoms with van der Waals surface area (Å²) in [5.41, 5.74) is 12.1. The predicted molar refractivity (Wildman–Crippen MR) is 376 cm³/mol. The van der Waals surface area contributed by atoms with Crippen molar-refractivity contribution in [3.05, 3.63) is 247 Å². The van der Waals surface area contributed by atoms with Crippen molar-refractivity contribution < 1.29 is 27.5 Å². The highest BCUT2D eigenvalue weighted by atomic mass is 32.1. The Labute approximate surface area is 546 Å². The zero-order valence-electron chi connectivity index (χ0n) is 51.6. The van der Waals surface area contributed by atoms with E-state index in [2.05, 4.69) is 139 Å². The summed E-state index contributed by atoms with van der Waals surface area (Å²) in [6, 6.07) is 71.1. The molecule has 0 saturated heterocycles. The van der Waals surface area contributed by atoms with E-state index in [9.17, 15) is 0 Å². The van der Waals surface area contributed by atoms with Crippen LogP contribution < -0.4 is 14.2 Å². The number of aromatic nitrogens is 3. The monoisotopic (exact) mass is 1260 g/mol. The highest BCUT2D eigenvalue weighted by Gasteiger charge is 2.15. The fourth-order valence-electron chi connectivity index (χ4n) is 10.4. The number of hydrogen-bond acceptors (Lipinski definition) is 12. The highest BCUT2D eigenvalue weighted by molar-refractivity contribution is 7.14. The summed E-state index contributed by atoms with van der Waals surface area (Å²) in [7, 11) is 0. The van der Waals surface area contributed by atoms with E-state index in [1.165, 1.54) is 85.1 Å². The van der Waals surface area contributed by atoms with Crippen LogP contribution in [0.4, 0.5) is 0 Å². The quantitative estimate of drug-likeness (QED) is 0.0465. The minimum Gasteiger partial charge on any atom is -0.494 e. The third-order valence-corrected chi connectivity index (χ3v) is 17.9. The van der Waals surface area contributed by atoms with Crippen LogP contribution in [0.5, 0.6) is 23.0 Å². The third-order valence-electron chi connectivity index (χ3n) is 15.2. The van der Waals surface area contributed by atoms with Gasteiger partial charge in [-0.05, 0) is 202 Å². The maximum absolute atomic E-state index is 5.96. The molecule has 13 aromatic rings. The standard InChI is InChI=1S/C27H29NO2S.C27H29NOS2.C25H17NO3/c2*1-2-3-4-5-6-7-16-29-23-14-12-21(13-15-23)22-19-24(26-10-8-17-30-26)28-25(20-22)27-11-9-18-31-27;1-2-6-20(7-3-1)29-21-12-10-18(11-13-21)19-16-22(24-8-4-14-27-24)26-23(17-19)25-9-5-15-28-25/h2*8-15,17-20H,2-7,16H2,1H3;1-17H. The summed E-state index contributed by atoms with van der Waals surface area (Å²) in [5, 5.41) is 6.28. The van der Waals surface area contributed by atoms with Gasteiger partial charge in [-0.25, -0.2) is 15.0 Å². The van der Waals surface area contributed by atoms with Gasteiger partial charge in [0.25, 0.3) is 0 Å². The number of ether oxygens (including phenoxy) is 3. The van der Waals surface area contributed by atoms with E-state index in [1.54, 1.807) is 52.8 Å². The number of rotatable bonds is 27. The van der Waals surface area contributed by atoms with Crippen LogP contribution >= 0.6 is 34.0 Å². The maximum atomic E-state index is 5.96. The Morgan fingerprint density at radius 3 is 0.978 bits per heavy atom. The maximum Gasteiger partial charge on any atom is 0.152 e. The van der Waals surface area contributed by atoms with Crippen molar-refractivity contribution in [3.8, 4) is 122 Å². The van der Waals surface area contributed by atoms with Crippen molar-refractivity contribution in [1.29, 1.82) is 0 Å². The van der Waals surface area contributed by atoms with Gasteiger partial charge in [-0.2, -0.15) is 0 Å². The lowest BCUT2D eigenvalue weighted by Gasteiger charge is -2.10. The Balaban J connectivity index is 0.000000140. The summed E-state index contributed by atoms with van der Waals surface area (Å²) in [6.07, 6.45) is 20.3. The predicted octanol–water partition coefficient (Wildman–Crippen LogP) is 24.5. The van der Waals surface area contributed by atoms with Gasteiger partial charge in [-0.1, -0.05) is 151 Å². The molecule has 0 radical (unpaired) electrons. The van der Waals surface area contributed by atoms with Gasteiger partial charge in [-0.15, -0.1) is 34.0 Å². The van der Waals surface area contributed by atoms with Crippen LogP contribution in [-0.4, -0.2) is 28.2 Å². The van der Waals surface area contributed by atoms with Crippen molar-refractivity contribution in [2.75, 3.05) is 13.2 Å². The molecule has 0 spiro atoms. The Morgan fingerprint density at radius 2 is 0.626 bits per heavy atom. The van der Waals surface area contributed by atoms with Gasteiger partial charge in [0.15, 0.2) is 17.3 Å². The van der Waals surface area contributed by atoms with Crippen LogP contribution in [0.2, 0.25) is 0 Å². The summed E-state index contributed by atoms with van der Waals surface area (Å²) in [5.74, 6) is 5.67. The van der Waals surface area contributed by atoms with Gasteiger partial charge < -0.3 is 27.5 Å². The van der Waals surface area contributed by atoms with E-state index in [0.29, 0.717) is 11.5 Å². The molecule has 4 aromatic carbocycles. The second-order valence-corrected chi connectivity index (χ2v) is 24.8. The molecule has 0 saturated carbocycles. The van der Waals surface area contributed by atoms with Crippen LogP contribution in [0.1, 0.15) is 90.9 Å². The van der Waals surface area contributed by atoms with E-state index in [1.807, 2.05) is 103 Å². The molecule has 460 valence electrons. The average Bonchev–Trinajstić information content (AvgIpc) is 3.09. The zero-order valence-corrected chi connectivity index (χ0v) is 54.0. The molecule has 0 unspecified atom stereocenters. The van der Waals surface area contributed by atoms with Crippen molar-refractivity contribution in [2.45, 2.75) is 90.9 Å². The smallest absolute Gasteiger partial charge is 0.152 e. The minimum absolute atomic E-state index is 0.712. The lowest BCUT2D eigenvalue weighted by molar-refractivity contribution is 0.304. The van der Waals surface area contributed by atoms with Gasteiger partial charge in [-0.3, -0.25) is 0 Å². The SMILES string of the molecule is CCCCCCCCOc1ccc(-c2cc(-c3ccco3)nc(-c3cccs3)c2)cc1.CCCCCCCCOc1ccc(-c2cc(-c3cccs3)nc(-c3cccs3)c2)cc1.c1ccc(Oc2ccc(-c3cc(-c4ccco4)nc(-c4ccco4)c3)cc2)cc1. The Morgan fingerprint density at radius 1 is 0.297 bits per heavy atom. The molecule has 12 heteroatoms. The van der Waals surface area contributed by atoms with Crippen LogP contribution in [-0.2, 0) is 0 Å². The molecule has 0 bridgehead atoms. The van der Waals surface area contributed by atoms with Crippen LogP contribution in [0, 0.1) is 0 Å². The number of pyridine rings is 3. The van der Waals surface area contributed by atoms with Crippen molar-refractivity contribution >= 4 is 34.0 Å². The fourth-order valence-corrected chi connectivity index (χ4v) is 12.4. The second-order valence-electron chi connectivity index (χ2n) is 22.0. The molecule has 9 heterocycles. The van der Waals surface area contributed by atoms with Crippen LogP contribution in [0.25, 0.3) is 99.5 Å². The van der Waals surface area contributed by atoms with Gasteiger partial charge in [0.05, 0.1) is 63.7 Å². The average molecular weight is 1260 g/mol. The molecule has 9 aromatic heterocycles. The first-order valence-corrected chi connectivity index (χ1v) is 34.2. The van der Waals surface area contributed by atoms with Crippen molar-refractivity contribution in [3.63, 3.8) is 0 Å². The normalized spacial score (nSPS) is 10.9. The minimum atomic E-state index is 0.712. The fraction of sp³-hybridized carbons (Fsp3) is 0.203. The van der Waals surface area contributed by atoms with Gasteiger partial charge in [0.1, 0.15) is 40.1 Å². The summed E-state index contributed by atoms with van der Waals surface area (Å²) < 4.78 is 34.5. The number of furan rings is 3. The first kappa shape index (κ1) is 63.2. The lowest BCUT2D eigenvalue weighted by atomic mass is 10.0. The molecule has 0 aliphatic heterocycles. The number of para-hydroxylation sites is 1. The molecule has 0 aliphatic rings. The Hall–Kier alpha value is -9.33. The lowest BCUT2D eigenvalue weighted by Crippen LogP contribution is -1.97. The Kier molecular flexibility index (Phi) is 23.3. The topological polar surface area (TPSA) is 106 Å². The van der Waals surface area contributed by atoms with E-state index in [-0.39, 0.29) is 0 Å². The summed E-state index contributed by atoms with van der Waals surface area (Å²) in [4.78, 5) is 18.0.